The zero-order valence-corrected chi connectivity index (χ0v) is 8.94. The van der Waals surface area contributed by atoms with Gasteiger partial charge in [0.2, 0.25) is 5.91 Å². The highest BCUT2D eigenvalue weighted by Crippen LogP contribution is 2.02. The number of rotatable bonds is 5. The first-order valence-corrected chi connectivity index (χ1v) is 5.16. The molecule has 0 heterocycles. The predicted molar refractivity (Wildman–Crippen MR) is 59.5 cm³/mol. The largest absolute Gasteiger partial charge is 0.394 e. The summed E-state index contributed by atoms with van der Waals surface area (Å²) in [5.74, 6) is -0.0135. The van der Waals surface area contributed by atoms with Gasteiger partial charge in [-0.15, -0.1) is 0 Å². The summed E-state index contributed by atoms with van der Waals surface area (Å²) in [7, 11) is 0. The van der Waals surface area contributed by atoms with Gasteiger partial charge in [0.05, 0.1) is 6.61 Å². The zero-order chi connectivity index (χ0) is 11.1. The van der Waals surface area contributed by atoms with E-state index < -0.39 is 0 Å². The smallest absolute Gasteiger partial charge is 0.220 e. The Kier molecular flexibility index (Phi) is 4.84. The van der Waals surface area contributed by atoms with Gasteiger partial charge in [-0.3, -0.25) is 4.79 Å². The molecule has 0 radical (unpaired) electrons. The SMILES string of the molecule is CC(CO)NC(=O)CCc1ccccc1. The van der Waals surface area contributed by atoms with Gasteiger partial charge in [-0.05, 0) is 18.9 Å². The second-order valence-corrected chi connectivity index (χ2v) is 3.64. The highest BCUT2D eigenvalue weighted by atomic mass is 16.3. The molecular formula is C12H17NO2. The van der Waals surface area contributed by atoms with E-state index in [-0.39, 0.29) is 18.6 Å². The van der Waals surface area contributed by atoms with Crippen molar-refractivity contribution < 1.29 is 9.90 Å². The Hall–Kier alpha value is -1.35. The van der Waals surface area contributed by atoms with Crippen molar-refractivity contribution >= 4 is 5.91 Å². The maximum absolute atomic E-state index is 11.4. The lowest BCUT2D eigenvalue weighted by Gasteiger charge is -2.10. The number of carbonyl (C=O) groups is 1. The molecule has 0 aliphatic rings. The minimum Gasteiger partial charge on any atom is -0.394 e. The third-order valence-electron chi connectivity index (χ3n) is 2.16. The molecule has 1 atom stereocenters. The van der Waals surface area contributed by atoms with Crippen molar-refractivity contribution in [1.29, 1.82) is 0 Å². The summed E-state index contributed by atoms with van der Waals surface area (Å²) in [4.78, 5) is 11.4. The van der Waals surface area contributed by atoms with Crippen LogP contribution in [-0.2, 0) is 11.2 Å². The predicted octanol–water partition coefficient (Wildman–Crippen LogP) is 1.12. The summed E-state index contributed by atoms with van der Waals surface area (Å²) in [6, 6.07) is 9.73. The number of nitrogens with one attached hydrogen (secondary N) is 1. The third-order valence-corrected chi connectivity index (χ3v) is 2.16. The fourth-order valence-electron chi connectivity index (χ4n) is 1.30. The van der Waals surface area contributed by atoms with Crippen molar-refractivity contribution in [3.05, 3.63) is 35.9 Å². The molecule has 15 heavy (non-hydrogen) atoms. The Labute approximate surface area is 90.1 Å². The summed E-state index contributed by atoms with van der Waals surface area (Å²) in [6.45, 7) is 1.76. The molecule has 0 aliphatic heterocycles. The van der Waals surface area contributed by atoms with Crippen molar-refractivity contribution in [1.82, 2.24) is 5.32 Å². The van der Waals surface area contributed by atoms with Crippen LogP contribution in [0.5, 0.6) is 0 Å². The fourth-order valence-corrected chi connectivity index (χ4v) is 1.30. The van der Waals surface area contributed by atoms with E-state index in [0.717, 1.165) is 12.0 Å². The summed E-state index contributed by atoms with van der Waals surface area (Å²) < 4.78 is 0. The van der Waals surface area contributed by atoms with Crippen molar-refractivity contribution in [3.8, 4) is 0 Å². The van der Waals surface area contributed by atoms with Gasteiger partial charge in [0.1, 0.15) is 0 Å². The Morgan fingerprint density at radius 2 is 2.07 bits per heavy atom. The van der Waals surface area contributed by atoms with Crippen LogP contribution in [0.2, 0.25) is 0 Å². The number of amides is 1. The molecule has 0 aromatic heterocycles. The van der Waals surface area contributed by atoms with Crippen LogP contribution in [0.4, 0.5) is 0 Å². The minimum absolute atomic E-state index is 0.0135. The van der Waals surface area contributed by atoms with Crippen LogP contribution in [0.15, 0.2) is 30.3 Å². The van der Waals surface area contributed by atoms with E-state index in [1.165, 1.54) is 0 Å². The van der Waals surface area contributed by atoms with Gasteiger partial charge in [-0.2, -0.15) is 0 Å². The van der Waals surface area contributed by atoms with Crippen molar-refractivity contribution in [2.75, 3.05) is 6.61 Å². The molecule has 1 aromatic rings. The van der Waals surface area contributed by atoms with Crippen LogP contribution >= 0.6 is 0 Å². The lowest BCUT2D eigenvalue weighted by atomic mass is 10.1. The Morgan fingerprint density at radius 3 is 2.67 bits per heavy atom. The van der Waals surface area contributed by atoms with E-state index >= 15 is 0 Å². The molecule has 1 rings (SSSR count). The number of hydrogen-bond acceptors (Lipinski definition) is 2. The van der Waals surface area contributed by atoms with Gasteiger partial charge in [-0.25, -0.2) is 0 Å². The second kappa shape index (κ2) is 6.19. The topological polar surface area (TPSA) is 49.3 Å². The van der Waals surface area contributed by atoms with Gasteiger partial charge >= 0.3 is 0 Å². The summed E-state index contributed by atoms with van der Waals surface area (Å²) in [5.41, 5.74) is 1.16. The summed E-state index contributed by atoms with van der Waals surface area (Å²) in [5, 5.41) is 11.5. The lowest BCUT2D eigenvalue weighted by molar-refractivity contribution is -0.121. The summed E-state index contributed by atoms with van der Waals surface area (Å²) >= 11 is 0. The Balaban J connectivity index is 2.29. The number of aliphatic hydroxyl groups excluding tert-OH is 1. The first-order valence-electron chi connectivity index (χ1n) is 5.16. The van der Waals surface area contributed by atoms with Gasteiger partial charge < -0.3 is 10.4 Å². The van der Waals surface area contributed by atoms with E-state index in [4.69, 9.17) is 5.11 Å². The molecule has 0 aliphatic carbocycles. The van der Waals surface area contributed by atoms with E-state index in [1.54, 1.807) is 6.92 Å². The number of benzene rings is 1. The number of hydrogen-bond donors (Lipinski definition) is 2. The molecule has 0 saturated heterocycles. The molecule has 0 fully saturated rings. The van der Waals surface area contributed by atoms with Crippen LogP contribution in [0.3, 0.4) is 0 Å². The molecule has 0 bridgehead atoms. The van der Waals surface area contributed by atoms with E-state index in [1.807, 2.05) is 30.3 Å². The second-order valence-electron chi connectivity index (χ2n) is 3.64. The molecule has 0 saturated carbocycles. The van der Waals surface area contributed by atoms with Crippen LogP contribution in [0.1, 0.15) is 18.9 Å². The average molecular weight is 207 g/mol. The Bertz CT molecular complexity index is 298. The van der Waals surface area contributed by atoms with Crippen molar-refractivity contribution in [3.63, 3.8) is 0 Å². The normalized spacial score (nSPS) is 12.1. The quantitative estimate of drug-likeness (QED) is 0.760. The van der Waals surface area contributed by atoms with Gasteiger partial charge in [0, 0.05) is 12.5 Å². The molecule has 1 unspecified atom stereocenters. The molecule has 0 spiro atoms. The van der Waals surface area contributed by atoms with Crippen LogP contribution < -0.4 is 5.32 Å². The molecule has 3 heteroatoms. The first-order chi connectivity index (χ1) is 7.22. The third kappa shape index (κ3) is 4.61. The highest BCUT2D eigenvalue weighted by Gasteiger charge is 2.05. The zero-order valence-electron chi connectivity index (χ0n) is 8.94. The average Bonchev–Trinajstić information content (AvgIpc) is 2.27. The Morgan fingerprint density at radius 1 is 1.40 bits per heavy atom. The van der Waals surface area contributed by atoms with Crippen molar-refractivity contribution in [2.24, 2.45) is 0 Å². The van der Waals surface area contributed by atoms with Gasteiger partial charge in [0.15, 0.2) is 0 Å². The number of aliphatic hydroxyl groups is 1. The molecule has 3 nitrogen and oxygen atoms in total. The fraction of sp³-hybridized carbons (Fsp3) is 0.417. The highest BCUT2D eigenvalue weighted by molar-refractivity contribution is 5.76. The minimum atomic E-state index is -0.159. The lowest BCUT2D eigenvalue weighted by Crippen LogP contribution is -2.35. The molecule has 2 N–H and O–H groups in total. The van der Waals surface area contributed by atoms with Crippen LogP contribution in [-0.4, -0.2) is 23.7 Å². The molecular weight excluding hydrogens is 190 g/mol. The monoisotopic (exact) mass is 207 g/mol. The van der Waals surface area contributed by atoms with E-state index in [0.29, 0.717) is 6.42 Å². The van der Waals surface area contributed by atoms with Gasteiger partial charge in [-0.1, -0.05) is 30.3 Å². The molecule has 1 amide bonds. The first kappa shape index (κ1) is 11.7. The van der Waals surface area contributed by atoms with Crippen molar-refractivity contribution in [2.45, 2.75) is 25.8 Å². The van der Waals surface area contributed by atoms with Gasteiger partial charge in [0.25, 0.3) is 0 Å². The number of aryl methyl sites for hydroxylation is 1. The van der Waals surface area contributed by atoms with E-state index in [2.05, 4.69) is 5.32 Å². The maximum atomic E-state index is 11.4. The molecule has 82 valence electrons. The summed E-state index contributed by atoms with van der Waals surface area (Å²) in [6.07, 6.45) is 1.21. The van der Waals surface area contributed by atoms with E-state index in [9.17, 15) is 4.79 Å². The maximum Gasteiger partial charge on any atom is 0.220 e. The van der Waals surface area contributed by atoms with Crippen LogP contribution in [0.25, 0.3) is 0 Å². The number of carbonyl (C=O) groups excluding carboxylic acids is 1. The molecule has 1 aromatic carbocycles. The standard InChI is InChI=1S/C12H17NO2/c1-10(9-14)13-12(15)8-7-11-5-3-2-4-6-11/h2-6,10,14H,7-9H2,1H3,(H,13,15). The van der Waals surface area contributed by atoms with Crippen LogP contribution in [0, 0.1) is 0 Å².